The molecule has 1 unspecified atom stereocenters. The maximum Gasteiger partial charge on any atom is 0.242 e. The Morgan fingerprint density at radius 1 is 1.47 bits per heavy atom. The summed E-state index contributed by atoms with van der Waals surface area (Å²) in [6.45, 7) is 9.84. The summed E-state index contributed by atoms with van der Waals surface area (Å²) in [6, 6.07) is 1.43. The van der Waals surface area contributed by atoms with Crippen molar-refractivity contribution in [3.8, 4) is 0 Å². The maximum atomic E-state index is 12.0. The molecule has 0 bridgehead atoms. The molecule has 0 saturated heterocycles. The second kappa shape index (κ2) is 4.87. The van der Waals surface area contributed by atoms with Gasteiger partial charge in [0.15, 0.2) is 0 Å². The maximum absolute atomic E-state index is 12.0. The predicted molar refractivity (Wildman–Crippen MR) is 68.7 cm³/mol. The highest BCUT2D eigenvalue weighted by Crippen LogP contribution is 2.19. The molecule has 0 aliphatic carbocycles. The van der Waals surface area contributed by atoms with Crippen molar-refractivity contribution in [2.45, 2.75) is 46.7 Å². The first kappa shape index (κ1) is 13.7. The van der Waals surface area contributed by atoms with E-state index in [1.165, 1.54) is 0 Å². The van der Waals surface area contributed by atoms with E-state index in [4.69, 9.17) is 5.73 Å². The van der Waals surface area contributed by atoms with Crippen LogP contribution in [0.3, 0.4) is 0 Å². The first-order valence-electron chi connectivity index (χ1n) is 5.83. The average molecular weight is 238 g/mol. The van der Waals surface area contributed by atoms with Crippen molar-refractivity contribution >= 4 is 11.7 Å². The van der Waals surface area contributed by atoms with Crippen LogP contribution < -0.4 is 11.1 Å². The molecule has 0 aromatic carbocycles. The molecule has 1 amide bonds. The van der Waals surface area contributed by atoms with Gasteiger partial charge in [-0.05, 0) is 19.3 Å². The standard InChI is InChI=1S/C12H22N4O/c1-8(2)16-9(6-7-14-16)15-11(17)10(13)12(3,4)5/h6-8,10H,13H2,1-5H3,(H,15,17). The zero-order valence-electron chi connectivity index (χ0n) is 11.2. The van der Waals surface area contributed by atoms with Gasteiger partial charge in [0, 0.05) is 12.1 Å². The van der Waals surface area contributed by atoms with E-state index in [0.29, 0.717) is 5.82 Å². The fourth-order valence-corrected chi connectivity index (χ4v) is 1.42. The molecular formula is C12H22N4O. The van der Waals surface area contributed by atoms with Crippen molar-refractivity contribution in [2.24, 2.45) is 11.1 Å². The van der Waals surface area contributed by atoms with Gasteiger partial charge in [0.05, 0.1) is 12.2 Å². The van der Waals surface area contributed by atoms with E-state index in [-0.39, 0.29) is 17.4 Å². The van der Waals surface area contributed by atoms with Crippen molar-refractivity contribution in [1.82, 2.24) is 9.78 Å². The van der Waals surface area contributed by atoms with Crippen LogP contribution in [-0.4, -0.2) is 21.7 Å². The number of aromatic nitrogens is 2. The molecule has 1 rings (SSSR count). The second-order valence-corrected chi connectivity index (χ2v) is 5.59. The number of nitrogens with one attached hydrogen (secondary N) is 1. The Bertz CT molecular complexity index is 389. The molecule has 0 aliphatic rings. The lowest BCUT2D eigenvalue weighted by Crippen LogP contribution is -2.45. The van der Waals surface area contributed by atoms with E-state index in [2.05, 4.69) is 10.4 Å². The molecule has 1 atom stereocenters. The van der Waals surface area contributed by atoms with E-state index in [1.807, 2.05) is 34.6 Å². The molecular weight excluding hydrogens is 216 g/mol. The third-order valence-corrected chi connectivity index (χ3v) is 2.63. The number of anilines is 1. The highest BCUT2D eigenvalue weighted by atomic mass is 16.2. The molecule has 5 heteroatoms. The topological polar surface area (TPSA) is 72.9 Å². The van der Waals surface area contributed by atoms with Gasteiger partial charge < -0.3 is 11.1 Å². The zero-order chi connectivity index (χ0) is 13.2. The van der Waals surface area contributed by atoms with Crippen LogP contribution in [0, 0.1) is 5.41 Å². The molecule has 1 aromatic heterocycles. The Morgan fingerprint density at radius 2 is 2.06 bits per heavy atom. The van der Waals surface area contributed by atoms with E-state index >= 15 is 0 Å². The number of hydrogen-bond donors (Lipinski definition) is 2. The highest BCUT2D eigenvalue weighted by molar-refractivity contribution is 5.94. The second-order valence-electron chi connectivity index (χ2n) is 5.59. The van der Waals surface area contributed by atoms with Crippen molar-refractivity contribution < 1.29 is 4.79 Å². The van der Waals surface area contributed by atoms with Gasteiger partial charge in [-0.25, -0.2) is 4.68 Å². The van der Waals surface area contributed by atoms with Gasteiger partial charge in [-0.2, -0.15) is 5.10 Å². The van der Waals surface area contributed by atoms with Crippen LogP contribution >= 0.6 is 0 Å². The largest absolute Gasteiger partial charge is 0.319 e. The Labute approximate surface area is 102 Å². The Kier molecular flexibility index (Phi) is 3.93. The Hall–Kier alpha value is -1.36. The molecule has 0 saturated carbocycles. The first-order valence-corrected chi connectivity index (χ1v) is 5.83. The number of nitrogens with zero attached hydrogens (tertiary/aromatic N) is 2. The van der Waals surface area contributed by atoms with Crippen LogP contribution in [0.2, 0.25) is 0 Å². The van der Waals surface area contributed by atoms with E-state index in [1.54, 1.807) is 16.9 Å². The SMILES string of the molecule is CC(C)n1nccc1NC(=O)C(N)C(C)(C)C. The molecule has 1 heterocycles. The molecule has 3 N–H and O–H groups in total. The summed E-state index contributed by atoms with van der Waals surface area (Å²) < 4.78 is 1.76. The molecule has 1 aromatic rings. The third kappa shape index (κ3) is 3.30. The number of rotatable bonds is 3. The van der Waals surface area contributed by atoms with Crippen LogP contribution in [0.25, 0.3) is 0 Å². The zero-order valence-corrected chi connectivity index (χ0v) is 11.2. The summed E-state index contributed by atoms with van der Waals surface area (Å²) in [5.41, 5.74) is 5.64. The van der Waals surface area contributed by atoms with Crippen LogP contribution in [0.5, 0.6) is 0 Å². The van der Waals surface area contributed by atoms with Crippen molar-refractivity contribution in [2.75, 3.05) is 5.32 Å². The number of carbonyl (C=O) groups excluding carboxylic acids is 1. The summed E-state index contributed by atoms with van der Waals surface area (Å²) >= 11 is 0. The van der Waals surface area contributed by atoms with Gasteiger partial charge in [0.2, 0.25) is 5.91 Å². The summed E-state index contributed by atoms with van der Waals surface area (Å²) in [7, 11) is 0. The fraction of sp³-hybridized carbons (Fsp3) is 0.667. The minimum atomic E-state index is -0.544. The molecule has 0 radical (unpaired) electrons. The van der Waals surface area contributed by atoms with Crippen LogP contribution in [0.15, 0.2) is 12.3 Å². The van der Waals surface area contributed by atoms with E-state index in [9.17, 15) is 4.79 Å². The lowest BCUT2D eigenvalue weighted by molar-refractivity contribution is -0.119. The van der Waals surface area contributed by atoms with Crippen molar-refractivity contribution in [1.29, 1.82) is 0 Å². The van der Waals surface area contributed by atoms with Crippen molar-refractivity contribution in [3.05, 3.63) is 12.3 Å². The van der Waals surface area contributed by atoms with Gasteiger partial charge in [-0.3, -0.25) is 4.79 Å². The van der Waals surface area contributed by atoms with Crippen LogP contribution in [0.1, 0.15) is 40.7 Å². The van der Waals surface area contributed by atoms with E-state index in [0.717, 1.165) is 0 Å². The van der Waals surface area contributed by atoms with Crippen LogP contribution in [-0.2, 0) is 4.79 Å². The minimum absolute atomic E-state index is 0.181. The molecule has 0 fully saturated rings. The number of amides is 1. The van der Waals surface area contributed by atoms with Crippen molar-refractivity contribution in [3.63, 3.8) is 0 Å². The normalized spacial score (nSPS) is 13.8. The van der Waals surface area contributed by atoms with Gasteiger partial charge in [-0.1, -0.05) is 20.8 Å². The van der Waals surface area contributed by atoms with E-state index < -0.39 is 6.04 Å². The lowest BCUT2D eigenvalue weighted by atomic mass is 9.87. The smallest absolute Gasteiger partial charge is 0.242 e. The lowest BCUT2D eigenvalue weighted by Gasteiger charge is -2.26. The fourth-order valence-electron chi connectivity index (χ4n) is 1.42. The minimum Gasteiger partial charge on any atom is -0.319 e. The summed E-state index contributed by atoms with van der Waals surface area (Å²) in [5.74, 6) is 0.504. The first-order chi connectivity index (χ1) is 7.73. The number of hydrogen-bond acceptors (Lipinski definition) is 3. The molecule has 0 spiro atoms. The number of nitrogens with two attached hydrogens (primary N) is 1. The molecule has 0 aliphatic heterocycles. The molecule has 96 valence electrons. The Morgan fingerprint density at radius 3 is 2.53 bits per heavy atom. The molecule has 5 nitrogen and oxygen atoms in total. The summed E-state index contributed by atoms with van der Waals surface area (Å²) in [5, 5.41) is 6.97. The molecule has 17 heavy (non-hydrogen) atoms. The quantitative estimate of drug-likeness (QED) is 0.843. The summed E-state index contributed by atoms with van der Waals surface area (Å²) in [4.78, 5) is 12.0. The van der Waals surface area contributed by atoms with Gasteiger partial charge in [0.25, 0.3) is 0 Å². The summed E-state index contributed by atoms with van der Waals surface area (Å²) in [6.07, 6.45) is 1.66. The highest BCUT2D eigenvalue weighted by Gasteiger charge is 2.28. The van der Waals surface area contributed by atoms with Gasteiger partial charge >= 0.3 is 0 Å². The van der Waals surface area contributed by atoms with Gasteiger partial charge in [0.1, 0.15) is 5.82 Å². The average Bonchev–Trinajstić information content (AvgIpc) is 2.63. The predicted octanol–water partition coefficient (Wildman–Crippen LogP) is 1.78. The Balaban J connectivity index is 2.78. The van der Waals surface area contributed by atoms with Gasteiger partial charge in [-0.15, -0.1) is 0 Å². The van der Waals surface area contributed by atoms with Crippen LogP contribution in [0.4, 0.5) is 5.82 Å². The monoisotopic (exact) mass is 238 g/mol. The third-order valence-electron chi connectivity index (χ3n) is 2.63. The number of carbonyl (C=O) groups is 1.